The van der Waals surface area contributed by atoms with Crippen molar-refractivity contribution in [2.24, 2.45) is 0 Å². The van der Waals surface area contributed by atoms with Crippen LogP contribution < -0.4 is 4.74 Å². The van der Waals surface area contributed by atoms with Gasteiger partial charge in [0.1, 0.15) is 0 Å². The number of carboxylic acids is 1. The number of hydrogen-bond acceptors (Lipinski definition) is 4. The Bertz CT molecular complexity index is 705. The average molecular weight is 326 g/mol. The minimum absolute atomic E-state index is 0.0684. The van der Waals surface area contributed by atoms with Crippen molar-refractivity contribution in [3.05, 3.63) is 52.7 Å². The number of ether oxygens (including phenoxy) is 1. The maximum atomic E-state index is 12.3. The van der Waals surface area contributed by atoms with Crippen LogP contribution in [0.4, 0.5) is 0 Å². The van der Waals surface area contributed by atoms with E-state index in [2.05, 4.69) is 4.98 Å². The van der Waals surface area contributed by atoms with Crippen LogP contribution in [-0.4, -0.2) is 27.4 Å². The number of methoxy groups -OCH3 is 1. The highest BCUT2D eigenvalue weighted by Crippen LogP contribution is 2.21. The standard InChI is InChI=1S/C14H12ClNO4S/c1-20-13-4-2-3-9(16-13)8-21(19)10-5-6-12(15)11(7-10)14(17)18/h2-7H,8H2,1H3,(H,17,18). The van der Waals surface area contributed by atoms with Crippen LogP contribution in [0.25, 0.3) is 0 Å². The number of aromatic carboxylic acids is 1. The van der Waals surface area contributed by atoms with Crippen LogP contribution in [0.3, 0.4) is 0 Å². The molecule has 0 spiro atoms. The molecule has 1 unspecified atom stereocenters. The molecule has 1 aromatic heterocycles. The van der Waals surface area contributed by atoms with E-state index in [1.807, 2.05) is 0 Å². The van der Waals surface area contributed by atoms with Crippen molar-refractivity contribution in [2.75, 3.05) is 7.11 Å². The summed E-state index contributed by atoms with van der Waals surface area (Å²) in [6.45, 7) is 0. The molecule has 0 aliphatic rings. The lowest BCUT2D eigenvalue weighted by Gasteiger charge is -2.06. The first kappa shape index (κ1) is 15.5. The average Bonchev–Trinajstić information content (AvgIpc) is 2.47. The highest BCUT2D eigenvalue weighted by Gasteiger charge is 2.13. The Morgan fingerprint density at radius 1 is 1.38 bits per heavy atom. The third kappa shape index (κ3) is 3.80. The number of hydrogen-bond donors (Lipinski definition) is 1. The number of nitrogens with zero attached hydrogens (tertiary/aromatic N) is 1. The number of carbonyl (C=O) groups is 1. The van der Waals surface area contributed by atoms with Crippen LogP contribution in [0, 0.1) is 0 Å². The van der Waals surface area contributed by atoms with E-state index in [4.69, 9.17) is 21.4 Å². The van der Waals surface area contributed by atoms with Gasteiger partial charge >= 0.3 is 5.97 Å². The van der Waals surface area contributed by atoms with Gasteiger partial charge in [0.05, 0.1) is 39.9 Å². The molecule has 0 bridgehead atoms. The van der Waals surface area contributed by atoms with E-state index in [-0.39, 0.29) is 16.3 Å². The molecule has 21 heavy (non-hydrogen) atoms. The molecule has 7 heteroatoms. The Kier molecular flexibility index (Phi) is 4.93. The van der Waals surface area contributed by atoms with Crippen LogP contribution in [0.5, 0.6) is 5.88 Å². The van der Waals surface area contributed by atoms with Crippen molar-refractivity contribution >= 4 is 28.4 Å². The van der Waals surface area contributed by atoms with E-state index in [1.165, 1.54) is 19.2 Å². The minimum atomic E-state index is -1.42. The first-order chi connectivity index (χ1) is 10.0. The molecule has 110 valence electrons. The quantitative estimate of drug-likeness (QED) is 0.914. The number of aromatic nitrogens is 1. The second kappa shape index (κ2) is 6.69. The summed E-state index contributed by atoms with van der Waals surface area (Å²) in [5.74, 6) is -0.553. The van der Waals surface area contributed by atoms with Crippen LogP contribution in [0.2, 0.25) is 5.02 Å². The molecular weight excluding hydrogens is 314 g/mol. The maximum Gasteiger partial charge on any atom is 0.337 e. The number of carboxylic acid groups (broad SMARTS) is 1. The fraction of sp³-hybridized carbons (Fsp3) is 0.143. The van der Waals surface area contributed by atoms with Crippen molar-refractivity contribution in [1.82, 2.24) is 4.98 Å². The Hall–Kier alpha value is -1.92. The summed E-state index contributed by atoms with van der Waals surface area (Å²) in [6, 6.07) is 9.47. The summed E-state index contributed by atoms with van der Waals surface area (Å²) in [5, 5.41) is 9.13. The smallest absolute Gasteiger partial charge is 0.337 e. The number of halogens is 1. The van der Waals surface area contributed by atoms with Gasteiger partial charge in [0.2, 0.25) is 5.88 Å². The van der Waals surface area contributed by atoms with Gasteiger partial charge in [-0.25, -0.2) is 9.78 Å². The zero-order valence-corrected chi connectivity index (χ0v) is 12.6. The van der Waals surface area contributed by atoms with Crippen molar-refractivity contribution in [1.29, 1.82) is 0 Å². The van der Waals surface area contributed by atoms with Gasteiger partial charge in [0, 0.05) is 11.0 Å². The first-order valence-corrected chi connectivity index (χ1v) is 7.62. The number of rotatable bonds is 5. The second-order valence-electron chi connectivity index (χ2n) is 4.11. The Morgan fingerprint density at radius 2 is 2.14 bits per heavy atom. The molecule has 1 N–H and O–H groups in total. The monoisotopic (exact) mass is 325 g/mol. The fourth-order valence-corrected chi connectivity index (χ4v) is 2.94. The predicted molar refractivity (Wildman–Crippen MR) is 79.3 cm³/mol. The summed E-state index contributed by atoms with van der Waals surface area (Å²) in [6.07, 6.45) is 0. The molecule has 0 aliphatic heterocycles. The molecule has 2 rings (SSSR count). The molecule has 1 heterocycles. The summed E-state index contributed by atoms with van der Waals surface area (Å²) in [7, 11) is 0.0816. The number of pyridine rings is 1. The third-order valence-corrected chi connectivity index (χ3v) is 4.37. The molecule has 0 saturated heterocycles. The summed E-state index contributed by atoms with van der Waals surface area (Å²) in [5.41, 5.74) is 0.528. The van der Waals surface area contributed by atoms with Crippen LogP contribution in [-0.2, 0) is 16.6 Å². The zero-order valence-electron chi connectivity index (χ0n) is 11.1. The van der Waals surface area contributed by atoms with Crippen LogP contribution in [0.1, 0.15) is 16.1 Å². The van der Waals surface area contributed by atoms with E-state index >= 15 is 0 Å². The molecule has 0 fully saturated rings. The molecular formula is C14H12ClNO4S. The minimum Gasteiger partial charge on any atom is -0.481 e. The third-order valence-electron chi connectivity index (χ3n) is 2.70. The number of benzene rings is 1. The van der Waals surface area contributed by atoms with E-state index in [1.54, 1.807) is 24.3 Å². The van der Waals surface area contributed by atoms with Gasteiger partial charge < -0.3 is 9.84 Å². The van der Waals surface area contributed by atoms with Crippen LogP contribution >= 0.6 is 11.6 Å². The van der Waals surface area contributed by atoms with Crippen molar-refractivity contribution in [2.45, 2.75) is 10.6 Å². The van der Waals surface area contributed by atoms with E-state index < -0.39 is 16.8 Å². The van der Waals surface area contributed by atoms with Gasteiger partial charge in [-0.1, -0.05) is 17.7 Å². The van der Waals surface area contributed by atoms with E-state index in [0.717, 1.165) is 0 Å². The second-order valence-corrected chi connectivity index (χ2v) is 5.97. The van der Waals surface area contributed by atoms with E-state index in [9.17, 15) is 9.00 Å². The zero-order chi connectivity index (χ0) is 15.4. The predicted octanol–water partition coefficient (Wildman–Crippen LogP) is 2.75. The molecule has 0 radical (unpaired) electrons. The summed E-state index contributed by atoms with van der Waals surface area (Å²) in [4.78, 5) is 15.6. The molecule has 5 nitrogen and oxygen atoms in total. The highest BCUT2D eigenvalue weighted by atomic mass is 35.5. The molecule has 1 aromatic carbocycles. The first-order valence-electron chi connectivity index (χ1n) is 5.92. The molecule has 0 aliphatic carbocycles. The Morgan fingerprint density at radius 3 is 2.81 bits per heavy atom. The lowest BCUT2D eigenvalue weighted by atomic mass is 10.2. The van der Waals surface area contributed by atoms with Crippen molar-refractivity contribution < 1.29 is 18.8 Å². The summed E-state index contributed by atoms with van der Waals surface area (Å²) >= 11 is 5.79. The topological polar surface area (TPSA) is 76.5 Å². The molecule has 2 aromatic rings. The Balaban J connectivity index is 2.24. The van der Waals surface area contributed by atoms with Gasteiger partial charge in [0.15, 0.2) is 0 Å². The largest absolute Gasteiger partial charge is 0.481 e. The highest BCUT2D eigenvalue weighted by molar-refractivity contribution is 7.84. The Labute approximate surface area is 129 Å². The van der Waals surface area contributed by atoms with E-state index in [0.29, 0.717) is 16.5 Å². The molecule has 0 amide bonds. The normalized spacial score (nSPS) is 11.9. The van der Waals surface area contributed by atoms with Crippen molar-refractivity contribution in [3.63, 3.8) is 0 Å². The summed E-state index contributed by atoms with van der Waals surface area (Å²) < 4.78 is 17.3. The lowest BCUT2D eigenvalue weighted by molar-refractivity contribution is 0.0697. The maximum absolute atomic E-state index is 12.3. The SMILES string of the molecule is COc1cccc(CS(=O)c2ccc(Cl)c(C(=O)O)c2)n1. The van der Waals surface area contributed by atoms with Gasteiger partial charge in [-0.05, 0) is 24.3 Å². The van der Waals surface area contributed by atoms with Crippen molar-refractivity contribution in [3.8, 4) is 5.88 Å². The van der Waals surface area contributed by atoms with Gasteiger partial charge in [-0.2, -0.15) is 0 Å². The van der Waals surface area contributed by atoms with Gasteiger partial charge in [-0.15, -0.1) is 0 Å². The van der Waals surface area contributed by atoms with Gasteiger partial charge in [-0.3, -0.25) is 4.21 Å². The molecule has 1 atom stereocenters. The lowest BCUT2D eigenvalue weighted by Crippen LogP contribution is -2.03. The fourth-order valence-electron chi connectivity index (χ4n) is 1.68. The molecule has 0 saturated carbocycles. The van der Waals surface area contributed by atoms with Crippen LogP contribution in [0.15, 0.2) is 41.3 Å². The van der Waals surface area contributed by atoms with Gasteiger partial charge in [0.25, 0.3) is 0 Å².